The van der Waals surface area contributed by atoms with Gasteiger partial charge in [0.25, 0.3) is 5.69 Å². The maximum atomic E-state index is 10.8. The van der Waals surface area contributed by atoms with Gasteiger partial charge in [0.15, 0.2) is 0 Å². The summed E-state index contributed by atoms with van der Waals surface area (Å²) >= 11 is 5.45. The highest BCUT2D eigenvalue weighted by atomic mass is 35.5. The van der Waals surface area contributed by atoms with E-state index in [1.807, 2.05) is 0 Å². The predicted octanol–water partition coefficient (Wildman–Crippen LogP) is 1.05. The number of benzene rings is 1. The van der Waals surface area contributed by atoms with E-state index >= 15 is 0 Å². The highest BCUT2D eigenvalue weighted by Crippen LogP contribution is 2.37. The molecule has 14 heavy (non-hydrogen) atoms. The summed E-state index contributed by atoms with van der Waals surface area (Å²) in [5.74, 6) is 0. The lowest BCUT2D eigenvalue weighted by molar-refractivity contribution is -0.383. The van der Waals surface area contributed by atoms with Crippen molar-refractivity contribution in [2.45, 2.75) is 0 Å². The molecule has 0 aliphatic rings. The summed E-state index contributed by atoms with van der Waals surface area (Å²) in [6.45, 7) is 0. The molecular formula is C6H5ClNO5P. The van der Waals surface area contributed by atoms with Crippen LogP contribution in [0.2, 0.25) is 5.02 Å². The zero-order chi connectivity index (χ0) is 10.9. The van der Waals surface area contributed by atoms with Gasteiger partial charge in [-0.3, -0.25) is 14.7 Å². The Hall–Kier alpha value is -0.940. The molecule has 0 aliphatic carbocycles. The topological polar surface area (TPSA) is 101 Å². The van der Waals surface area contributed by atoms with Gasteiger partial charge in [-0.05, 0) is 12.1 Å². The summed E-state index contributed by atoms with van der Waals surface area (Å²) in [4.78, 5) is 27.1. The number of halogens is 1. The lowest BCUT2D eigenvalue weighted by Gasteiger charge is -2.04. The standard InChI is InChI=1S/C6H5ClNO5P/c7-4-1-2-6(14(11,12)13)5(3-4)8(9)10/h1-3H,(H2,11,12,13). The Kier molecular flexibility index (Phi) is 2.92. The zero-order valence-corrected chi connectivity index (χ0v) is 8.27. The van der Waals surface area contributed by atoms with Crippen LogP contribution in [-0.2, 0) is 4.57 Å². The third-order valence-corrected chi connectivity index (χ3v) is 2.69. The minimum absolute atomic E-state index is 0.0499. The summed E-state index contributed by atoms with van der Waals surface area (Å²) in [7, 11) is -4.63. The van der Waals surface area contributed by atoms with Crippen molar-refractivity contribution in [3.05, 3.63) is 33.3 Å². The van der Waals surface area contributed by atoms with Crippen molar-refractivity contribution in [2.75, 3.05) is 0 Å². The third kappa shape index (κ3) is 2.30. The molecule has 0 radical (unpaired) electrons. The fourth-order valence-corrected chi connectivity index (χ4v) is 1.77. The summed E-state index contributed by atoms with van der Waals surface area (Å²) < 4.78 is 10.8. The molecule has 1 aromatic carbocycles. The lowest BCUT2D eigenvalue weighted by Crippen LogP contribution is -2.09. The first-order chi connectivity index (χ1) is 6.32. The first kappa shape index (κ1) is 11.1. The molecule has 0 bridgehead atoms. The van der Waals surface area contributed by atoms with Crippen molar-refractivity contribution in [2.24, 2.45) is 0 Å². The van der Waals surface area contributed by atoms with Crippen molar-refractivity contribution in [1.82, 2.24) is 0 Å². The van der Waals surface area contributed by atoms with Gasteiger partial charge in [0, 0.05) is 11.1 Å². The molecule has 0 saturated heterocycles. The molecule has 76 valence electrons. The van der Waals surface area contributed by atoms with E-state index in [9.17, 15) is 14.7 Å². The van der Waals surface area contributed by atoms with E-state index in [1.54, 1.807) is 0 Å². The number of hydrogen-bond donors (Lipinski definition) is 2. The molecule has 8 heteroatoms. The Balaban J connectivity index is 3.45. The molecule has 0 fully saturated rings. The van der Waals surface area contributed by atoms with Crippen molar-refractivity contribution in [3.8, 4) is 0 Å². The Morgan fingerprint density at radius 3 is 2.43 bits per heavy atom. The third-order valence-electron chi connectivity index (χ3n) is 1.45. The van der Waals surface area contributed by atoms with Crippen molar-refractivity contribution in [3.63, 3.8) is 0 Å². The van der Waals surface area contributed by atoms with Crippen LogP contribution in [0.15, 0.2) is 18.2 Å². The molecule has 0 aliphatic heterocycles. The fraction of sp³-hybridized carbons (Fsp3) is 0. The second-order valence-corrected chi connectivity index (χ2v) is 4.44. The van der Waals surface area contributed by atoms with Crippen LogP contribution in [0, 0.1) is 10.1 Å². The average molecular weight is 238 g/mol. The van der Waals surface area contributed by atoms with Crippen LogP contribution in [0.25, 0.3) is 0 Å². The first-order valence-corrected chi connectivity index (χ1v) is 5.31. The molecule has 0 spiro atoms. The second kappa shape index (κ2) is 3.67. The highest BCUT2D eigenvalue weighted by molar-refractivity contribution is 7.60. The van der Waals surface area contributed by atoms with Gasteiger partial charge in [-0.15, -0.1) is 0 Å². The van der Waals surface area contributed by atoms with Crippen molar-refractivity contribution < 1.29 is 19.3 Å². The largest absolute Gasteiger partial charge is 0.363 e. The monoisotopic (exact) mass is 237 g/mol. The molecule has 6 nitrogen and oxygen atoms in total. The van der Waals surface area contributed by atoms with Crippen LogP contribution in [0.3, 0.4) is 0 Å². The van der Waals surface area contributed by atoms with Gasteiger partial charge in [0.1, 0.15) is 5.30 Å². The quantitative estimate of drug-likeness (QED) is 0.455. The van der Waals surface area contributed by atoms with Crippen molar-refractivity contribution in [1.29, 1.82) is 0 Å². The van der Waals surface area contributed by atoms with Crippen LogP contribution in [0.4, 0.5) is 5.69 Å². The van der Waals surface area contributed by atoms with Gasteiger partial charge >= 0.3 is 7.60 Å². The Morgan fingerprint density at radius 1 is 1.43 bits per heavy atom. The lowest BCUT2D eigenvalue weighted by atomic mass is 10.3. The summed E-state index contributed by atoms with van der Waals surface area (Å²) in [5, 5.41) is 9.84. The predicted molar refractivity (Wildman–Crippen MR) is 49.8 cm³/mol. The SMILES string of the molecule is O=[N+]([O-])c1cc(Cl)ccc1P(=O)(O)O. The minimum Gasteiger partial charge on any atom is -0.321 e. The molecule has 0 aromatic heterocycles. The molecule has 0 heterocycles. The number of nitro groups is 1. The van der Waals surface area contributed by atoms with Crippen LogP contribution >= 0.6 is 19.2 Å². The smallest absolute Gasteiger partial charge is 0.321 e. The van der Waals surface area contributed by atoms with E-state index in [2.05, 4.69) is 0 Å². The van der Waals surface area contributed by atoms with E-state index in [4.69, 9.17) is 21.4 Å². The normalized spacial score (nSPS) is 11.4. The fourth-order valence-electron chi connectivity index (χ4n) is 0.889. The summed E-state index contributed by atoms with van der Waals surface area (Å²) in [5.41, 5.74) is -0.675. The molecule has 2 N–H and O–H groups in total. The number of hydrogen-bond acceptors (Lipinski definition) is 3. The van der Waals surface area contributed by atoms with E-state index in [1.165, 1.54) is 6.07 Å². The van der Waals surface area contributed by atoms with Gasteiger partial charge in [-0.25, -0.2) is 0 Å². The summed E-state index contributed by atoms with van der Waals surface area (Å²) in [6.07, 6.45) is 0. The van der Waals surface area contributed by atoms with Crippen LogP contribution in [0.1, 0.15) is 0 Å². The minimum atomic E-state index is -4.63. The molecule has 0 amide bonds. The Morgan fingerprint density at radius 2 is 2.00 bits per heavy atom. The Bertz CT molecular complexity index is 428. The average Bonchev–Trinajstić information content (AvgIpc) is 2.01. The first-order valence-electron chi connectivity index (χ1n) is 3.32. The van der Waals surface area contributed by atoms with Gasteiger partial charge in [0.2, 0.25) is 0 Å². The van der Waals surface area contributed by atoms with Gasteiger partial charge in [0.05, 0.1) is 4.92 Å². The van der Waals surface area contributed by atoms with Gasteiger partial charge in [-0.2, -0.15) is 0 Å². The summed E-state index contributed by atoms with van der Waals surface area (Å²) in [6, 6.07) is 3.03. The van der Waals surface area contributed by atoms with Crippen LogP contribution in [0.5, 0.6) is 0 Å². The second-order valence-electron chi connectivity index (χ2n) is 2.43. The van der Waals surface area contributed by atoms with Crippen LogP contribution < -0.4 is 5.30 Å². The van der Waals surface area contributed by atoms with Gasteiger partial charge < -0.3 is 9.79 Å². The van der Waals surface area contributed by atoms with Crippen molar-refractivity contribution >= 4 is 30.2 Å². The van der Waals surface area contributed by atoms with E-state index in [0.717, 1.165) is 12.1 Å². The van der Waals surface area contributed by atoms with E-state index in [-0.39, 0.29) is 5.02 Å². The molecular weight excluding hydrogens is 232 g/mol. The number of nitro benzene ring substituents is 1. The molecule has 0 unspecified atom stereocenters. The number of nitrogens with zero attached hydrogens (tertiary/aromatic N) is 1. The van der Waals surface area contributed by atoms with Gasteiger partial charge in [-0.1, -0.05) is 11.6 Å². The maximum Gasteiger partial charge on any atom is 0.363 e. The molecule has 1 rings (SSSR count). The van der Waals surface area contributed by atoms with Crippen LogP contribution in [-0.4, -0.2) is 14.7 Å². The Labute approximate surface area is 83.4 Å². The van der Waals surface area contributed by atoms with E-state index < -0.39 is 23.5 Å². The maximum absolute atomic E-state index is 10.8. The van der Waals surface area contributed by atoms with E-state index in [0.29, 0.717) is 0 Å². The molecule has 0 atom stereocenters. The zero-order valence-electron chi connectivity index (χ0n) is 6.62. The molecule has 1 aromatic rings. The molecule has 0 saturated carbocycles. The number of rotatable bonds is 2. The highest BCUT2D eigenvalue weighted by Gasteiger charge is 2.28.